The zero-order valence-corrected chi connectivity index (χ0v) is 13.2. The van der Waals surface area contributed by atoms with E-state index in [4.69, 9.17) is 16.9 Å². The lowest BCUT2D eigenvalue weighted by atomic mass is 10.1. The second kappa shape index (κ2) is 5.88. The minimum atomic E-state index is -3.90. The molecule has 114 valence electrons. The first-order valence-electron chi connectivity index (χ1n) is 6.00. The molecule has 7 nitrogen and oxygen atoms in total. The summed E-state index contributed by atoms with van der Waals surface area (Å²) in [5.74, 6) is -0.757. The number of nitrogens with zero attached hydrogens (tertiary/aromatic N) is 3. The Morgan fingerprint density at radius 1 is 1.32 bits per heavy atom. The molecule has 0 amide bonds. The van der Waals surface area contributed by atoms with Crippen LogP contribution in [0.2, 0.25) is 5.02 Å². The molecule has 0 saturated carbocycles. The number of nitrogens with one attached hydrogen (secondary N) is 1. The SMILES string of the molecule is CN(C)S(=O)(=O)c1[nH]c(C(=O)c2ccc(Cl)cc2)nc1C#N. The number of rotatable bonds is 4. The average molecular weight is 339 g/mol. The van der Waals surface area contributed by atoms with Gasteiger partial charge in [-0.1, -0.05) is 11.6 Å². The molecule has 2 rings (SSSR count). The highest BCUT2D eigenvalue weighted by molar-refractivity contribution is 7.89. The van der Waals surface area contributed by atoms with E-state index in [0.717, 1.165) is 4.31 Å². The topological polar surface area (TPSA) is 107 Å². The molecule has 2 aromatic rings. The molecule has 0 aliphatic carbocycles. The number of carbonyl (C=O) groups is 1. The molecule has 0 aliphatic rings. The number of hydrogen-bond donors (Lipinski definition) is 1. The minimum absolute atomic E-state index is 0.223. The number of nitriles is 1. The third kappa shape index (κ3) is 2.87. The summed E-state index contributed by atoms with van der Waals surface area (Å²) in [6, 6.07) is 7.70. The van der Waals surface area contributed by atoms with Crippen molar-refractivity contribution in [2.24, 2.45) is 0 Å². The molecule has 9 heteroatoms. The van der Waals surface area contributed by atoms with Crippen LogP contribution in [0.15, 0.2) is 29.3 Å². The number of aromatic amines is 1. The summed E-state index contributed by atoms with van der Waals surface area (Å²) in [6.45, 7) is 0. The monoisotopic (exact) mass is 338 g/mol. The van der Waals surface area contributed by atoms with Crippen molar-refractivity contribution < 1.29 is 13.2 Å². The van der Waals surface area contributed by atoms with Crippen molar-refractivity contribution >= 4 is 27.4 Å². The van der Waals surface area contributed by atoms with Gasteiger partial charge in [0, 0.05) is 24.7 Å². The zero-order valence-electron chi connectivity index (χ0n) is 11.7. The lowest BCUT2D eigenvalue weighted by molar-refractivity contribution is 0.103. The van der Waals surface area contributed by atoms with Crippen LogP contribution in [0.1, 0.15) is 21.9 Å². The molecule has 0 radical (unpaired) electrons. The average Bonchev–Trinajstić information content (AvgIpc) is 2.92. The van der Waals surface area contributed by atoms with Gasteiger partial charge in [0.2, 0.25) is 5.78 Å². The van der Waals surface area contributed by atoms with Gasteiger partial charge in [-0.3, -0.25) is 4.79 Å². The minimum Gasteiger partial charge on any atom is -0.324 e. The quantitative estimate of drug-likeness (QED) is 0.848. The third-order valence-corrected chi connectivity index (χ3v) is 4.86. The van der Waals surface area contributed by atoms with E-state index in [-0.39, 0.29) is 17.1 Å². The molecule has 1 N–H and O–H groups in total. The normalized spacial score (nSPS) is 11.4. The first-order chi connectivity index (χ1) is 10.3. The lowest BCUT2D eigenvalue weighted by Crippen LogP contribution is -2.23. The van der Waals surface area contributed by atoms with Gasteiger partial charge in [-0.15, -0.1) is 0 Å². The van der Waals surface area contributed by atoms with Crippen molar-refractivity contribution in [3.63, 3.8) is 0 Å². The molecule has 0 spiro atoms. The molecule has 1 aromatic carbocycles. The Bertz CT molecular complexity index is 864. The number of aromatic nitrogens is 2. The predicted octanol–water partition coefficient (Wildman–Crippen LogP) is 1.42. The Labute approximate surface area is 132 Å². The molecule has 1 heterocycles. The fourth-order valence-electron chi connectivity index (χ4n) is 1.65. The van der Waals surface area contributed by atoms with E-state index in [9.17, 15) is 13.2 Å². The molecule has 0 fully saturated rings. The van der Waals surface area contributed by atoms with Gasteiger partial charge in [0.1, 0.15) is 6.07 Å². The van der Waals surface area contributed by atoms with Gasteiger partial charge in [-0.05, 0) is 24.3 Å². The Morgan fingerprint density at radius 2 is 1.91 bits per heavy atom. The number of sulfonamides is 1. The summed E-state index contributed by atoms with van der Waals surface area (Å²) in [5.41, 5.74) is -0.0811. The van der Waals surface area contributed by atoms with E-state index in [2.05, 4.69) is 9.97 Å². The van der Waals surface area contributed by atoms with E-state index >= 15 is 0 Å². The van der Waals surface area contributed by atoms with Crippen molar-refractivity contribution in [1.82, 2.24) is 14.3 Å². The zero-order chi connectivity index (χ0) is 16.5. The molecule has 0 saturated heterocycles. The van der Waals surface area contributed by atoms with Gasteiger partial charge >= 0.3 is 0 Å². The van der Waals surface area contributed by atoms with Gasteiger partial charge in [0.15, 0.2) is 16.5 Å². The maximum absolute atomic E-state index is 12.3. The second-order valence-corrected chi connectivity index (χ2v) is 7.02. The van der Waals surface area contributed by atoms with Crippen LogP contribution in [0, 0.1) is 11.3 Å². The number of carbonyl (C=O) groups excluding carboxylic acids is 1. The lowest BCUT2D eigenvalue weighted by Gasteiger charge is -2.08. The third-order valence-electron chi connectivity index (χ3n) is 2.84. The Kier molecular flexibility index (Phi) is 4.32. The molecule has 0 atom stereocenters. The molecule has 22 heavy (non-hydrogen) atoms. The number of ketones is 1. The molecule has 1 aromatic heterocycles. The number of benzene rings is 1. The van der Waals surface area contributed by atoms with E-state index in [1.165, 1.54) is 38.4 Å². The number of imidazole rings is 1. The van der Waals surface area contributed by atoms with Crippen LogP contribution >= 0.6 is 11.6 Å². The van der Waals surface area contributed by atoms with Crippen LogP contribution < -0.4 is 0 Å². The summed E-state index contributed by atoms with van der Waals surface area (Å²) in [4.78, 5) is 18.5. The van der Waals surface area contributed by atoms with Crippen LogP contribution in [-0.2, 0) is 10.0 Å². The van der Waals surface area contributed by atoms with Gasteiger partial charge in [-0.25, -0.2) is 17.7 Å². The van der Waals surface area contributed by atoms with Gasteiger partial charge < -0.3 is 4.98 Å². The number of halogens is 1. The van der Waals surface area contributed by atoms with Gasteiger partial charge in [-0.2, -0.15) is 5.26 Å². The van der Waals surface area contributed by atoms with Crippen LogP contribution in [0.5, 0.6) is 0 Å². The Balaban J connectivity index is 2.51. The predicted molar refractivity (Wildman–Crippen MR) is 79.1 cm³/mol. The van der Waals surface area contributed by atoms with Gasteiger partial charge in [0.05, 0.1) is 0 Å². The highest BCUT2D eigenvalue weighted by Crippen LogP contribution is 2.18. The van der Waals surface area contributed by atoms with E-state index in [1.807, 2.05) is 0 Å². The molecule has 0 bridgehead atoms. The first kappa shape index (κ1) is 16.2. The van der Waals surface area contributed by atoms with Crippen molar-refractivity contribution in [3.8, 4) is 6.07 Å². The standard InChI is InChI=1S/C13H11ClN4O3S/c1-18(2)22(20,21)13-10(7-15)16-12(17-13)11(19)8-3-5-9(14)6-4-8/h3-6H,1-2H3,(H,16,17). The fraction of sp³-hybridized carbons (Fsp3) is 0.154. The second-order valence-electron chi connectivity index (χ2n) is 4.50. The van der Waals surface area contributed by atoms with Crippen LogP contribution in [0.25, 0.3) is 0 Å². The van der Waals surface area contributed by atoms with Crippen molar-refractivity contribution in [3.05, 3.63) is 46.4 Å². The largest absolute Gasteiger partial charge is 0.324 e. The highest BCUT2D eigenvalue weighted by atomic mass is 35.5. The molecule has 0 unspecified atom stereocenters. The summed E-state index contributed by atoms with van der Waals surface area (Å²) in [6.07, 6.45) is 0. The molecular formula is C13H11ClN4O3S. The van der Waals surface area contributed by atoms with E-state index in [1.54, 1.807) is 6.07 Å². The van der Waals surface area contributed by atoms with Gasteiger partial charge in [0.25, 0.3) is 10.0 Å². The molecular weight excluding hydrogens is 328 g/mol. The van der Waals surface area contributed by atoms with E-state index < -0.39 is 20.8 Å². The van der Waals surface area contributed by atoms with Crippen LogP contribution in [0.4, 0.5) is 0 Å². The molecule has 0 aliphatic heterocycles. The Morgan fingerprint density at radius 3 is 2.41 bits per heavy atom. The fourth-order valence-corrected chi connectivity index (χ4v) is 2.70. The van der Waals surface area contributed by atoms with Crippen molar-refractivity contribution in [2.45, 2.75) is 5.03 Å². The summed E-state index contributed by atoms with van der Waals surface area (Å²) in [5, 5.41) is 9.08. The summed E-state index contributed by atoms with van der Waals surface area (Å²) < 4.78 is 25.1. The Hall–Kier alpha value is -2.21. The van der Waals surface area contributed by atoms with E-state index in [0.29, 0.717) is 5.02 Å². The number of H-pyrrole nitrogens is 1. The van der Waals surface area contributed by atoms with Crippen molar-refractivity contribution in [1.29, 1.82) is 5.26 Å². The van der Waals surface area contributed by atoms with Crippen LogP contribution in [-0.4, -0.2) is 42.6 Å². The van der Waals surface area contributed by atoms with Crippen molar-refractivity contribution in [2.75, 3.05) is 14.1 Å². The van der Waals surface area contributed by atoms with Crippen LogP contribution in [0.3, 0.4) is 0 Å². The number of hydrogen-bond acceptors (Lipinski definition) is 5. The maximum Gasteiger partial charge on any atom is 0.261 e. The maximum atomic E-state index is 12.3. The smallest absolute Gasteiger partial charge is 0.261 e. The summed E-state index contributed by atoms with van der Waals surface area (Å²) >= 11 is 5.75. The first-order valence-corrected chi connectivity index (χ1v) is 7.82. The highest BCUT2D eigenvalue weighted by Gasteiger charge is 2.27. The summed E-state index contributed by atoms with van der Waals surface area (Å²) in [7, 11) is -1.27.